The van der Waals surface area contributed by atoms with Crippen LogP contribution in [-0.4, -0.2) is 0 Å². The summed E-state index contributed by atoms with van der Waals surface area (Å²) in [6.45, 7) is 18.2. The molecule has 1 aliphatic rings. The van der Waals surface area contributed by atoms with Crippen molar-refractivity contribution in [2.75, 3.05) is 0 Å². The van der Waals surface area contributed by atoms with Gasteiger partial charge in [0, 0.05) is 0 Å². The molecule has 0 unspecified atom stereocenters. The van der Waals surface area contributed by atoms with Gasteiger partial charge in [0.25, 0.3) is 0 Å². The summed E-state index contributed by atoms with van der Waals surface area (Å²) in [6.07, 6.45) is 0.942. The Balaban J connectivity index is 0.000000734. The maximum absolute atomic E-state index is 3.91. The predicted molar refractivity (Wildman–Crippen MR) is 173 cm³/mol. The summed E-state index contributed by atoms with van der Waals surface area (Å²) in [5.74, 6) is 0. The van der Waals surface area contributed by atoms with Crippen molar-refractivity contribution in [1.29, 1.82) is 0 Å². The molecule has 0 aliphatic heterocycles. The fourth-order valence-electron chi connectivity index (χ4n) is 5.65. The van der Waals surface area contributed by atoms with Gasteiger partial charge in [-0.2, -0.15) is 18.2 Å². The van der Waals surface area contributed by atoms with Crippen molar-refractivity contribution in [3.63, 3.8) is 0 Å². The van der Waals surface area contributed by atoms with Crippen LogP contribution in [0, 0.1) is 19.9 Å². The fourth-order valence-corrected chi connectivity index (χ4v) is 5.65. The summed E-state index contributed by atoms with van der Waals surface area (Å²) in [7, 11) is 0. The Hall–Kier alpha value is -2.31. The minimum Gasteiger partial charge on any atom is -1.00 e. The summed E-state index contributed by atoms with van der Waals surface area (Å²) >= 11 is 0. The first-order valence-corrected chi connectivity index (χ1v) is 14.5. The first kappa shape index (κ1) is 36.9. The van der Waals surface area contributed by atoms with E-state index in [1.54, 1.807) is 0 Å². The van der Waals surface area contributed by atoms with Crippen LogP contribution in [0.4, 0.5) is 0 Å². The Morgan fingerprint density at radius 3 is 1.56 bits per heavy atom. The Morgan fingerprint density at radius 1 is 0.605 bits per heavy atom. The normalized spacial score (nSPS) is 11.5. The topological polar surface area (TPSA) is 0 Å². The van der Waals surface area contributed by atoms with E-state index in [2.05, 4.69) is 128 Å². The minimum absolute atomic E-state index is 0. The molecule has 0 nitrogen and oxygen atoms in total. The van der Waals surface area contributed by atoms with Gasteiger partial charge in [0.15, 0.2) is 0 Å². The average molecular weight is 685 g/mol. The zero-order chi connectivity index (χ0) is 28.7. The molecule has 0 aromatic heterocycles. The summed E-state index contributed by atoms with van der Waals surface area (Å²) < 4.78 is 0. The van der Waals surface area contributed by atoms with Gasteiger partial charge < -0.3 is 24.8 Å². The molecule has 0 heterocycles. The van der Waals surface area contributed by atoms with E-state index < -0.39 is 0 Å². The van der Waals surface area contributed by atoms with E-state index in [1.807, 2.05) is 30.3 Å². The number of rotatable bonds is 2. The van der Waals surface area contributed by atoms with Crippen LogP contribution in [0.15, 0.2) is 97.1 Å². The molecule has 0 spiro atoms. The van der Waals surface area contributed by atoms with Crippen molar-refractivity contribution < 1.29 is 51.0 Å². The van der Waals surface area contributed by atoms with E-state index >= 15 is 0 Å². The SMILES string of the molecule is Cc1ccc(-c2[c-]c3c(cc2C(C)(C)C)-c2cc(C(C)(C)C)c(-c4ccc(C)cc4)cc2C3)cc1.[Cl-].[Cl-].[Zr+4].c1cc[cH-]c1. The van der Waals surface area contributed by atoms with E-state index in [4.69, 9.17) is 0 Å². The molecule has 1 aliphatic carbocycles. The molecule has 0 bridgehead atoms. The van der Waals surface area contributed by atoms with Crippen LogP contribution in [0.3, 0.4) is 0 Å². The molecule has 0 saturated carbocycles. The second-order valence-electron chi connectivity index (χ2n) is 13.4. The maximum Gasteiger partial charge on any atom is 4.00 e. The van der Waals surface area contributed by atoms with Crippen molar-refractivity contribution in [1.82, 2.24) is 0 Å². The predicted octanol–water partition coefficient (Wildman–Crippen LogP) is 5.01. The number of hydrogen-bond donors (Lipinski definition) is 0. The fraction of sp³-hybridized carbons (Fsp3) is 0.275. The van der Waals surface area contributed by atoms with Crippen LogP contribution in [0.25, 0.3) is 33.4 Å². The van der Waals surface area contributed by atoms with Gasteiger partial charge in [-0.25, -0.2) is 12.1 Å². The van der Waals surface area contributed by atoms with Crippen LogP contribution in [0.2, 0.25) is 0 Å². The van der Waals surface area contributed by atoms with Gasteiger partial charge in [-0.15, -0.1) is 28.8 Å². The van der Waals surface area contributed by atoms with E-state index in [0.29, 0.717) is 0 Å². The molecule has 5 aromatic rings. The largest absolute Gasteiger partial charge is 4.00 e. The third kappa shape index (κ3) is 8.25. The summed E-state index contributed by atoms with van der Waals surface area (Å²) in [6, 6.07) is 39.2. The number of benzene rings is 4. The molecule has 0 radical (unpaired) electrons. The van der Waals surface area contributed by atoms with Crippen molar-refractivity contribution in [2.45, 2.75) is 72.6 Å². The van der Waals surface area contributed by atoms with Gasteiger partial charge in [0.2, 0.25) is 0 Å². The molecule has 0 fully saturated rings. The van der Waals surface area contributed by atoms with Gasteiger partial charge in [-0.3, -0.25) is 0 Å². The molecule has 0 amide bonds. The molecular formula is C40H42Cl2Zr. The molecule has 5 aromatic carbocycles. The Kier molecular flexibility index (Phi) is 12.6. The molecule has 220 valence electrons. The molecule has 6 rings (SSSR count). The second kappa shape index (κ2) is 14.6. The van der Waals surface area contributed by atoms with Crippen LogP contribution in [-0.2, 0) is 43.5 Å². The first-order valence-electron chi connectivity index (χ1n) is 14.5. The standard InChI is InChI=1S/C35H37.C5H5.2ClH.Zr/c1-22-9-13-24(14-10-22)30-18-26-17-27-19-31(25-15-11-23(2)12-16-25)33(35(6,7)8)21-29(27)28(26)20-32(30)34(3,4)5;1-2-4-5-3-1;;;/h9-16,18,20-21H,17H2,1-8H3;1-5H;2*1H;/q2*-1;;;+4/p-2. The first-order chi connectivity index (χ1) is 18.9. The van der Waals surface area contributed by atoms with E-state index in [9.17, 15) is 0 Å². The molecule has 0 N–H and O–H groups in total. The Labute approximate surface area is 291 Å². The smallest absolute Gasteiger partial charge is 1.00 e. The number of aryl methyl sites for hydroxylation is 2. The molecule has 0 saturated heterocycles. The van der Waals surface area contributed by atoms with Crippen molar-refractivity contribution in [2.24, 2.45) is 0 Å². The third-order valence-corrected chi connectivity index (χ3v) is 7.93. The van der Waals surface area contributed by atoms with Gasteiger partial charge in [-0.1, -0.05) is 130 Å². The quantitative estimate of drug-likeness (QED) is 0.225. The van der Waals surface area contributed by atoms with Gasteiger partial charge in [-0.05, 0) is 53.4 Å². The van der Waals surface area contributed by atoms with Crippen LogP contribution >= 0.6 is 0 Å². The summed E-state index contributed by atoms with van der Waals surface area (Å²) in [5, 5.41) is 0. The number of hydrogen-bond acceptors (Lipinski definition) is 0. The second-order valence-corrected chi connectivity index (χ2v) is 13.4. The van der Waals surface area contributed by atoms with Crippen molar-refractivity contribution in [3.05, 3.63) is 137 Å². The van der Waals surface area contributed by atoms with Crippen LogP contribution in [0.5, 0.6) is 0 Å². The minimum atomic E-state index is 0. The number of fused-ring (bicyclic) bond motifs is 3. The molecule has 0 atom stereocenters. The third-order valence-electron chi connectivity index (χ3n) is 7.93. The van der Waals surface area contributed by atoms with Gasteiger partial charge >= 0.3 is 26.2 Å². The zero-order valence-corrected chi connectivity index (χ0v) is 30.7. The van der Waals surface area contributed by atoms with Gasteiger partial charge in [0.05, 0.1) is 0 Å². The Morgan fingerprint density at radius 2 is 1.09 bits per heavy atom. The van der Waals surface area contributed by atoms with E-state index in [-0.39, 0.29) is 61.8 Å². The zero-order valence-electron chi connectivity index (χ0n) is 26.7. The molecule has 3 heteroatoms. The Bertz CT molecular complexity index is 1480. The van der Waals surface area contributed by atoms with Crippen LogP contribution < -0.4 is 24.8 Å². The van der Waals surface area contributed by atoms with E-state index in [0.717, 1.165) is 6.42 Å². The molecular weight excluding hydrogens is 643 g/mol. The summed E-state index contributed by atoms with van der Waals surface area (Å²) in [4.78, 5) is 0. The monoisotopic (exact) mass is 682 g/mol. The number of halogens is 2. The van der Waals surface area contributed by atoms with Crippen LogP contribution in [0.1, 0.15) is 74.9 Å². The maximum atomic E-state index is 3.91. The van der Waals surface area contributed by atoms with E-state index in [1.165, 1.54) is 66.8 Å². The van der Waals surface area contributed by atoms with Gasteiger partial charge in [0.1, 0.15) is 0 Å². The van der Waals surface area contributed by atoms with Crippen molar-refractivity contribution in [3.8, 4) is 33.4 Å². The van der Waals surface area contributed by atoms with Crippen molar-refractivity contribution >= 4 is 0 Å². The molecule has 43 heavy (non-hydrogen) atoms. The summed E-state index contributed by atoms with van der Waals surface area (Å²) in [5.41, 5.74) is 16.1. The average Bonchev–Trinajstić information content (AvgIpc) is 3.58.